The van der Waals surface area contributed by atoms with E-state index in [2.05, 4.69) is 6.92 Å². The summed E-state index contributed by atoms with van der Waals surface area (Å²) >= 11 is 0. The Labute approximate surface area is 109 Å². The van der Waals surface area contributed by atoms with Crippen molar-refractivity contribution in [3.63, 3.8) is 0 Å². The molecule has 2 nitrogen and oxygen atoms in total. The number of hydrogen-bond acceptors (Lipinski definition) is 2. The summed E-state index contributed by atoms with van der Waals surface area (Å²) in [6.45, 7) is 2.18. The number of benzene rings is 1. The van der Waals surface area contributed by atoms with Crippen LogP contribution in [0.15, 0.2) is 18.2 Å². The van der Waals surface area contributed by atoms with Crippen LogP contribution >= 0.6 is 0 Å². The van der Waals surface area contributed by atoms with E-state index in [4.69, 9.17) is 4.74 Å². The fourth-order valence-electron chi connectivity index (χ4n) is 2.00. The maximum Gasteiger partial charge on any atom is 0.165 e. The van der Waals surface area contributed by atoms with Gasteiger partial charge in [0.05, 0.1) is 13.2 Å². The summed E-state index contributed by atoms with van der Waals surface area (Å²) in [6.07, 6.45) is 5.89. The summed E-state index contributed by atoms with van der Waals surface area (Å²) in [4.78, 5) is 0. The first-order chi connectivity index (χ1) is 8.69. The van der Waals surface area contributed by atoms with Crippen LogP contribution in [0.3, 0.4) is 0 Å². The lowest BCUT2D eigenvalue weighted by atomic mass is 10.0. The van der Waals surface area contributed by atoms with E-state index in [1.54, 1.807) is 12.1 Å². The first-order valence-electron chi connectivity index (χ1n) is 6.70. The Bertz CT molecular complexity index is 352. The molecule has 0 aliphatic rings. The van der Waals surface area contributed by atoms with E-state index in [-0.39, 0.29) is 5.75 Å². The second kappa shape index (κ2) is 8.09. The van der Waals surface area contributed by atoms with Crippen molar-refractivity contribution in [3.05, 3.63) is 29.6 Å². The average molecular weight is 254 g/mol. The van der Waals surface area contributed by atoms with E-state index in [0.29, 0.717) is 12.0 Å². The van der Waals surface area contributed by atoms with Gasteiger partial charge in [-0.25, -0.2) is 4.39 Å². The van der Waals surface area contributed by atoms with Gasteiger partial charge < -0.3 is 9.84 Å². The highest BCUT2D eigenvalue weighted by Crippen LogP contribution is 2.25. The van der Waals surface area contributed by atoms with Crippen LogP contribution in [0.1, 0.15) is 57.1 Å². The average Bonchev–Trinajstić information content (AvgIpc) is 2.38. The molecule has 0 aliphatic heterocycles. The van der Waals surface area contributed by atoms with Crippen LogP contribution < -0.4 is 4.74 Å². The van der Waals surface area contributed by atoms with Gasteiger partial charge in [-0.15, -0.1) is 0 Å². The third kappa shape index (κ3) is 4.65. The van der Waals surface area contributed by atoms with E-state index in [9.17, 15) is 9.50 Å². The molecule has 0 fully saturated rings. The predicted octanol–water partition coefficient (Wildman–Crippen LogP) is 4.23. The quantitative estimate of drug-likeness (QED) is 0.703. The normalized spacial score (nSPS) is 12.4. The van der Waals surface area contributed by atoms with Crippen molar-refractivity contribution in [1.29, 1.82) is 0 Å². The van der Waals surface area contributed by atoms with Crippen LogP contribution in [0.25, 0.3) is 0 Å². The molecule has 1 aromatic carbocycles. The number of halogens is 1. The maximum absolute atomic E-state index is 13.5. The van der Waals surface area contributed by atoms with Crippen LogP contribution in [0.4, 0.5) is 4.39 Å². The second-order valence-corrected chi connectivity index (χ2v) is 4.61. The van der Waals surface area contributed by atoms with Crippen molar-refractivity contribution < 1.29 is 14.2 Å². The zero-order valence-corrected chi connectivity index (χ0v) is 11.3. The van der Waals surface area contributed by atoms with Crippen LogP contribution in [0, 0.1) is 5.82 Å². The minimum Gasteiger partial charge on any atom is -0.494 e. The minimum atomic E-state index is -0.577. The Kier molecular flexibility index (Phi) is 6.73. The third-order valence-corrected chi connectivity index (χ3v) is 3.14. The Morgan fingerprint density at radius 3 is 2.56 bits per heavy atom. The summed E-state index contributed by atoms with van der Waals surface area (Å²) in [7, 11) is 1.43. The molecule has 1 N–H and O–H groups in total. The number of aliphatic hydroxyl groups excluding tert-OH is 1. The topological polar surface area (TPSA) is 29.5 Å². The molecule has 0 aliphatic carbocycles. The number of hydrogen-bond donors (Lipinski definition) is 1. The largest absolute Gasteiger partial charge is 0.494 e. The van der Waals surface area contributed by atoms with E-state index in [1.165, 1.54) is 32.4 Å². The number of rotatable bonds is 8. The molecule has 0 heterocycles. The van der Waals surface area contributed by atoms with Crippen LogP contribution in [0.2, 0.25) is 0 Å². The monoisotopic (exact) mass is 254 g/mol. The number of aliphatic hydroxyl groups is 1. The lowest BCUT2D eigenvalue weighted by molar-refractivity contribution is 0.162. The zero-order chi connectivity index (χ0) is 13.4. The molecule has 0 aromatic heterocycles. The molecule has 1 rings (SSSR count). The van der Waals surface area contributed by atoms with Crippen molar-refractivity contribution in [2.45, 2.75) is 51.6 Å². The molecule has 3 heteroatoms. The lowest BCUT2D eigenvalue weighted by Gasteiger charge is -2.12. The smallest absolute Gasteiger partial charge is 0.165 e. The number of ether oxygens (including phenoxy) is 1. The molecule has 0 bridgehead atoms. The Morgan fingerprint density at radius 1 is 1.22 bits per heavy atom. The highest BCUT2D eigenvalue weighted by Gasteiger charge is 2.10. The van der Waals surface area contributed by atoms with Gasteiger partial charge in [0.2, 0.25) is 0 Å². The Morgan fingerprint density at radius 2 is 1.94 bits per heavy atom. The van der Waals surface area contributed by atoms with Crippen molar-refractivity contribution in [2.75, 3.05) is 7.11 Å². The van der Waals surface area contributed by atoms with E-state index in [1.807, 2.05) is 0 Å². The highest BCUT2D eigenvalue weighted by molar-refractivity contribution is 5.30. The molecule has 102 valence electrons. The van der Waals surface area contributed by atoms with Gasteiger partial charge in [0.25, 0.3) is 0 Å². The SMILES string of the molecule is CCCCCCCC(O)c1ccc(OC)c(F)c1. The molecule has 0 spiro atoms. The molecule has 1 aromatic rings. The second-order valence-electron chi connectivity index (χ2n) is 4.61. The van der Waals surface area contributed by atoms with Crippen molar-refractivity contribution >= 4 is 0 Å². The summed E-state index contributed by atoms with van der Waals surface area (Å²) in [5.41, 5.74) is 0.629. The molecular formula is C15H23FO2. The fraction of sp³-hybridized carbons (Fsp3) is 0.600. The van der Waals surface area contributed by atoms with Gasteiger partial charge in [-0.05, 0) is 24.1 Å². The number of methoxy groups -OCH3 is 1. The fourth-order valence-corrected chi connectivity index (χ4v) is 2.00. The third-order valence-electron chi connectivity index (χ3n) is 3.14. The standard InChI is InChI=1S/C15H23FO2/c1-3-4-5-6-7-8-14(17)12-9-10-15(18-2)13(16)11-12/h9-11,14,17H,3-8H2,1-2H3. The first-order valence-corrected chi connectivity index (χ1v) is 6.70. The van der Waals surface area contributed by atoms with Crippen LogP contribution in [-0.2, 0) is 0 Å². The lowest BCUT2D eigenvalue weighted by Crippen LogP contribution is -1.99. The number of unbranched alkanes of at least 4 members (excludes halogenated alkanes) is 4. The van der Waals surface area contributed by atoms with Gasteiger partial charge in [0.15, 0.2) is 11.6 Å². The Hall–Kier alpha value is -1.09. The summed E-state index contributed by atoms with van der Waals surface area (Å²) < 4.78 is 18.3. The summed E-state index contributed by atoms with van der Waals surface area (Å²) in [6, 6.07) is 4.64. The van der Waals surface area contributed by atoms with E-state index < -0.39 is 11.9 Å². The molecule has 18 heavy (non-hydrogen) atoms. The summed E-state index contributed by atoms with van der Waals surface area (Å²) in [5.74, 6) is -0.200. The van der Waals surface area contributed by atoms with Gasteiger partial charge in [0.1, 0.15) is 0 Å². The van der Waals surface area contributed by atoms with Crippen LogP contribution in [0.5, 0.6) is 5.75 Å². The van der Waals surface area contributed by atoms with Gasteiger partial charge in [-0.2, -0.15) is 0 Å². The minimum absolute atomic E-state index is 0.217. The van der Waals surface area contributed by atoms with Gasteiger partial charge >= 0.3 is 0 Å². The molecule has 0 radical (unpaired) electrons. The van der Waals surface area contributed by atoms with Gasteiger partial charge in [0, 0.05) is 0 Å². The maximum atomic E-state index is 13.5. The van der Waals surface area contributed by atoms with Gasteiger partial charge in [-0.1, -0.05) is 45.1 Å². The van der Waals surface area contributed by atoms with Crippen molar-refractivity contribution in [3.8, 4) is 5.75 Å². The van der Waals surface area contributed by atoms with Crippen molar-refractivity contribution in [1.82, 2.24) is 0 Å². The Balaban J connectivity index is 2.41. The van der Waals surface area contributed by atoms with Crippen LogP contribution in [-0.4, -0.2) is 12.2 Å². The van der Waals surface area contributed by atoms with Gasteiger partial charge in [-0.3, -0.25) is 0 Å². The first kappa shape index (κ1) is 15.0. The molecule has 0 amide bonds. The molecule has 0 saturated heterocycles. The van der Waals surface area contributed by atoms with Crippen molar-refractivity contribution in [2.24, 2.45) is 0 Å². The van der Waals surface area contributed by atoms with E-state index in [0.717, 1.165) is 12.8 Å². The molecule has 0 saturated carbocycles. The molecule has 1 unspecified atom stereocenters. The summed E-state index contributed by atoms with van der Waals surface area (Å²) in [5, 5.41) is 9.96. The predicted molar refractivity (Wildman–Crippen MR) is 71.3 cm³/mol. The zero-order valence-electron chi connectivity index (χ0n) is 11.3. The molecular weight excluding hydrogens is 231 g/mol. The van der Waals surface area contributed by atoms with E-state index >= 15 is 0 Å². The molecule has 1 atom stereocenters. The highest BCUT2D eigenvalue weighted by atomic mass is 19.1.